The number of rotatable bonds is 96. The van der Waals surface area contributed by atoms with E-state index in [-0.39, 0.29) is 34.5 Å². The van der Waals surface area contributed by atoms with Gasteiger partial charge in [0.25, 0.3) is 0 Å². The molecule has 150 heavy (non-hydrogen) atoms. The molecule has 0 fully saturated rings. The van der Waals surface area contributed by atoms with Crippen molar-refractivity contribution >= 4 is 35.8 Å². The Kier molecular flexibility index (Phi) is 72.5. The molecule has 0 unspecified atom stereocenters. The number of unbranched alkanes of at least 4 members (excludes halogenated alkanes) is 66. The van der Waals surface area contributed by atoms with Crippen LogP contribution in [0, 0.1) is 0 Å². The summed E-state index contributed by atoms with van der Waals surface area (Å²) in [7, 11) is 0. The third kappa shape index (κ3) is 57.7. The Morgan fingerprint density at radius 3 is 0.293 bits per heavy atom. The van der Waals surface area contributed by atoms with Gasteiger partial charge in [-0.2, -0.15) is 0 Å². The smallest absolute Gasteiger partial charge is 0.345 e. The second kappa shape index (κ2) is 85.6. The minimum atomic E-state index is -1.48. The van der Waals surface area contributed by atoms with Crippen molar-refractivity contribution in [2.24, 2.45) is 0 Å². The molecule has 7 rings (SSSR count). The third-order valence-corrected chi connectivity index (χ3v) is 28.5. The van der Waals surface area contributed by atoms with Gasteiger partial charge in [0.2, 0.25) is 0 Å². The van der Waals surface area contributed by atoms with E-state index in [4.69, 9.17) is 56.8 Å². The maximum atomic E-state index is 16.5. The zero-order valence-corrected chi connectivity index (χ0v) is 94.4. The van der Waals surface area contributed by atoms with E-state index in [0.717, 1.165) is 154 Å². The summed E-state index contributed by atoms with van der Waals surface area (Å²) >= 11 is 0. The van der Waals surface area contributed by atoms with Crippen LogP contribution in [0.15, 0.2) is 146 Å². The minimum Gasteiger partial charge on any atom is -0.494 e. The number of carbonyl (C=O) groups excluding carboxylic acids is 6. The van der Waals surface area contributed by atoms with E-state index < -0.39 is 69.2 Å². The van der Waals surface area contributed by atoms with Crippen LogP contribution in [-0.2, 0) is 0 Å². The number of hydrogen-bond donors (Lipinski definition) is 0. The number of esters is 6. The first-order valence-electron chi connectivity index (χ1n) is 60.8. The normalized spacial score (nSPS) is 11.2. The van der Waals surface area contributed by atoms with Crippen LogP contribution in [0.25, 0.3) is 0 Å². The van der Waals surface area contributed by atoms with Crippen molar-refractivity contribution in [3.05, 3.63) is 179 Å². The van der Waals surface area contributed by atoms with E-state index in [2.05, 4.69) is 41.5 Å². The molecule has 0 amide bonds. The van der Waals surface area contributed by atoms with Gasteiger partial charge < -0.3 is 56.8 Å². The highest BCUT2D eigenvalue weighted by Gasteiger charge is 2.45. The second-order valence-corrected chi connectivity index (χ2v) is 41.8. The molecule has 0 aromatic heterocycles. The molecule has 0 aliphatic rings. The Bertz CT molecular complexity index is 3810. The monoisotopic (exact) mass is 2070 g/mol. The molecule has 0 saturated heterocycles. The van der Waals surface area contributed by atoms with Crippen molar-refractivity contribution in [2.45, 2.75) is 504 Å². The van der Waals surface area contributed by atoms with E-state index >= 15 is 28.8 Å². The van der Waals surface area contributed by atoms with Crippen LogP contribution in [0.5, 0.6) is 69.0 Å². The van der Waals surface area contributed by atoms with Crippen molar-refractivity contribution in [1.82, 2.24) is 0 Å². The van der Waals surface area contributed by atoms with E-state index in [1.54, 1.807) is 72.8 Å². The Morgan fingerprint density at radius 1 is 0.120 bits per heavy atom. The predicted octanol–water partition coefficient (Wildman–Crippen LogP) is 39.5. The molecule has 0 radical (unpaired) electrons. The zero-order valence-electron chi connectivity index (χ0n) is 94.4. The molecule has 18 nitrogen and oxygen atoms in total. The molecule has 7 aromatic rings. The summed E-state index contributed by atoms with van der Waals surface area (Å²) in [6, 6.07) is 37.3. The van der Waals surface area contributed by atoms with E-state index in [9.17, 15) is 0 Å². The van der Waals surface area contributed by atoms with Crippen LogP contribution >= 0.6 is 0 Å². The lowest BCUT2D eigenvalue weighted by Crippen LogP contribution is -2.34. The first-order valence-corrected chi connectivity index (χ1v) is 60.8. The highest BCUT2D eigenvalue weighted by atomic mass is 16.6. The zero-order chi connectivity index (χ0) is 106. The maximum Gasteiger partial charge on any atom is 0.345 e. The van der Waals surface area contributed by atoms with Crippen molar-refractivity contribution in [3.63, 3.8) is 0 Å². The van der Waals surface area contributed by atoms with Gasteiger partial charge in [-0.05, 0) is 184 Å². The molecule has 834 valence electrons. The summed E-state index contributed by atoms with van der Waals surface area (Å²) in [5.41, 5.74) is -6.28. The quantitative estimate of drug-likeness (QED) is 0.0197. The van der Waals surface area contributed by atoms with Gasteiger partial charge in [-0.1, -0.05) is 465 Å². The lowest BCUT2D eigenvalue weighted by atomic mass is 9.85. The van der Waals surface area contributed by atoms with Crippen molar-refractivity contribution in [1.29, 1.82) is 0 Å². The molecule has 0 aliphatic carbocycles. The number of hydrogen-bond acceptors (Lipinski definition) is 18. The molecule has 0 N–H and O–H groups in total. The first kappa shape index (κ1) is 127. The minimum absolute atomic E-state index is 0.116. The molecule has 0 spiro atoms. The average molecular weight is 2070 g/mol. The van der Waals surface area contributed by atoms with Crippen molar-refractivity contribution in [2.75, 3.05) is 39.6 Å². The van der Waals surface area contributed by atoms with E-state index in [0.29, 0.717) is 74.1 Å². The van der Waals surface area contributed by atoms with Gasteiger partial charge in [0.05, 0.1) is 73.0 Å². The Morgan fingerprint density at radius 2 is 0.200 bits per heavy atom. The fourth-order valence-corrected chi connectivity index (χ4v) is 19.3. The molecular formula is C132H198O18. The lowest BCUT2D eigenvalue weighted by molar-refractivity contribution is 0.0635. The van der Waals surface area contributed by atoms with Crippen LogP contribution in [-0.4, -0.2) is 75.5 Å². The van der Waals surface area contributed by atoms with Crippen LogP contribution in [0.2, 0.25) is 0 Å². The topological polar surface area (TPSA) is 213 Å². The van der Waals surface area contributed by atoms with Crippen LogP contribution in [0.1, 0.15) is 566 Å². The highest BCUT2D eigenvalue weighted by molar-refractivity contribution is 6.25. The molecule has 0 saturated carbocycles. The first-order chi connectivity index (χ1) is 73.9. The van der Waals surface area contributed by atoms with Gasteiger partial charge in [-0.15, -0.1) is 0 Å². The van der Waals surface area contributed by atoms with Gasteiger partial charge in [0.1, 0.15) is 69.0 Å². The van der Waals surface area contributed by atoms with Gasteiger partial charge >= 0.3 is 35.8 Å². The summed E-state index contributed by atoms with van der Waals surface area (Å²) in [5, 5.41) is 0. The van der Waals surface area contributed by atoms with Crippen molar-refractivity contribution in [3.8, 4) is 69.0 Å². The summed E-state index contributed by atoms with van der Waals surface area (Å²) in [4.78, 5) is 99.3. The number of ether oxygens (including phenoxy) is 12. The van der Waals surface area contributed by atoms with E-state index in [1.807, 2.05) is 0 Å². The molecule has 0 heterocycles. The summed E-state index contributed by atoms with van der Waals surface area (Å²) in [6.45, 7) is 16.1. The molecular weight excluding hydrogens is 1870 g/mol. The fraction of sp³-hybridized carbons (Fsp3) is 0.636. The van der Waals surface area contributed by atoms with Gasteiger partial charge in [-0.25, -0.2) is 28.8 Å². The number of benzene rings is 7. The molecule has 0 bridgehead atoms. The van der Waals surface area contributed by atoms with Crippen LogP contribution in [0.4, 0.5) is 0 Å². The van der Waals surface area contributed by atoms with Crippen LogP contribution in [0.3, 0.4) is 0 Å². The van der Waals surface area contributed by atoms with Crippen molar-refractivity contribution < 1.29 is 85.6 Å². The Labute approximate surface area is 907 Å². The largest absolute Gasteiger partial charge is 0.494 e. The predicted molar refractivity (Wildman–Crippen MR) is 614 cm³/mol. The Balaban J connectivity index is 1.34. The standard InChI is InChI=1S/C132H198O18/c1-7-13-19-25-31-37-43-49-55-61-67-73-103-139-109-79-91-115(92-80-109)145-127(133)121-122(128(134)146-116-93-81-110(82-94-116)140-104-74-68-62-56-50-44-38-32-26-20-14-8-2)124(130(136)148-118-97-85-112(86-98-118)142-106-76-70-64-58-52-46-40-34-28-22-16-10-4)126(132(138)150-120-101-89-114(90-102-120)144-108-78-72-66-60-54-48-42-36-30-24-18-12-6)125(131(137)149-119-99-87-113(88-100-119)143-107-77-71-65-59-53-47-41-35-29-23-17-11-5)123(121)129(135)147-117-95-83-111(84-96-117)141-105-75-69-63-57-51-45-39-33-27-21-15-9-3/h79-102H,7-78,103-108H2,1-6H3. The van der Waals surface area contributed by atoms with Gasteiger partial charge in [0, 0.05) is 0 Å². The third-order valence-electron chi connectivity index (χ3n) is 28.5. The van der Waals surface area contributed by atoms with E-state index in [1.165, 1.54) is 381 Å². The average Bonchev–Trinajstić information content (AvgIpc) is 0.723. The summed E-state index contributed by atoms with van der Waals surface area (Å²) in [6.07, 6.45) is 85.5. The van der Waals surface area contributed by atoms with Crippen LogP contribution < -0.4 is 56.8 Å². The number of carbonyl (C=O) groups is 6. The van der Waals surface area contributed by atoms with Gasteiger partial charge in [0.15, 0.2) is 0 Å². The summed E-state index contributed by atoms with van der Waals surface area (Å²) < 4.78 is 75.9. The molecule has 0 aliphatic heterocycles. The summed E-state index contributed by atoms with van der Waals surface area (Å²) in [5.74, 6) is -6.72. The molecule has 7 aromatic carbocycles. The van der Waals surface area contributed by atoms with Gasteiger partial charge in [-0.3, -0.25) is 0 Å². The lowest BCUT2D eigenvalue weighted by Gasteiger charge is -2.22. The maximum absolute atomic E-state index is 16.5. The fourth-order valence-electron chi connectivity index (χ4n) is 19.3. The second-order valence-electron chi connectivity index (χ2n) is 41.8. The molecule has 0 atom stereocenters. The SMILES string of the molecule is CCCCCCCCCCCCCCOc1ccc(OC(=O)c2c(C(=O)Oc3ccc(OCCCCCCCCCCCCCC)cc3)c(C(=O)Oc3ccc(OCCCCCCCCCCCCCC)cc3)c(C(=O)Oc3ccc(OCCCCCCCCCCCCCC)cc3)c(C(=O)Oc3ccc(OCCCCCCCCCCCCCC)cc3)c2C(=O)Oc2ccc(OCCCCCCCCCCCCCC)cc2)cc1. The Hall–Kier alpha value is -9.84. The highest BCUT2D eigenvalue weighted by Crippen LogP contribution is 2.39. The molecule has 18 heteroatoms.